The molecule has 0 unspecified atom stereocenters. The summed E-state index contributed by atoms with van der Waals surface area (Å²) in [6.07, 6.45) is 7.32. The molecule has 0 aliphatic rings. The van der Waals surface area contributed by atoms with Crippen molar-refractivity contribution in [1.82, 2.24) is 4.98 Å². The summed E-state index contributed by atoms with van der Waals surface area (Å²) in [5.74, 6) is 0. The molecule has 0 saturated heterocycles. The van der Waals surface area contributed by atoms with E-state index < -0.39 is 0 Å². The van der Waals surface area contributed by atoms with E-state index in [1.165, 1.54) is 18.4 Å². The number of aromatic nitrogens is 1. The molecule has 1 heterocycles. The molecule has 0 aliphatic carbocycles. The summed E-state index contributed by atoms with van der Waals surface area (Å²) in [5, 5.41) is 8.89. The van der Waals surface area contributed by atoms with E-state index >= 15 is 0 Å². The van der Waals surface area contributed by atoms with Crippen LogP contribution in [0.25, 0.3) is 0 Å². The predicted molar refractivity (Wildman–Crippen MR) is 45.3 cm³/mol. The summed E-state index contributed by atoms with van der Waals surface area (Å²) in [4.78, 5) is 3.00. The van der Waals surface area contributed by atoms with Gasteiger partial charge in [-0.1, -0.05) is 13.3 Å². The highest BCUT2D eigenvalue weighted by molar-refractivity contribution is 5.22. The number of aliphatic hydroxyl groups excluding tert-OH is 1. The van der Waals surface area contributed by atoms with E-state index in [4.69, 9.17) is 5.11 Å². The lowest BCUT2D eigenvalue weighted by molar-refractivity contribution is 0.281. The second-order valence-corrected chi connectivity index (χ2v) is 2.77. The first-order valence-corrected chi connectivity index (χ1v) is 4.14. The molecule has 1 rings (SSSR count). The van der Waals surface area contributed by atoms with Crippen molar-refractivity contribution in [3.8, 4) is 0 Å². The van der Waals surface area contributed by atoms with E-state index in [2.05, 4.69) is 11.9 Å². The van der Waals surface area contributed by atoms with E-state index in [0.29, 0.717) is 0 Å². The largest absolute Gasteiger partial charge is 0.392 e. The summed E-state index contributed by atoms with van der Waals surface area (Å²) >= 11 is 0. The molecular formula is C9H15NO. The smallest absolute Gasteiger partial charge is 0.0699 e. The maximum atomic E-state index is 8.89. The van der Waals surface area contributed by atoms with Crippen LogP contribution in [0.1, 0.15) is 30.9 Å². The van der Waals surface area contributed by atoms with Gasteiger partial charge in [-0.15, -0.1) is 0 Å². The van der Waals surface area contributed by atoms with Gasteiger partial charge in [-0.2, -0.15) is 0 Å². The quantitative estimate of drug-likeness (QED) is 0.680. The van der Waals surface area contributed by atoms with Crippen molar-refractivity contribution >= 4 is 0 Å². The molecule has 0 radical (unpaired) electrons. The molecule has 2 heteroatoms. The number of hydrogen-bond donors (Lipinski definition) is 2. The molecule has 0 bridgehead atoms. The van der Waals surface area contributed by atoms with Crippen LogP contribution in [0.3, 0.4) is 0 Å². The molecule has 2 nitrogen and oxygen atoms in total. The number of aromatic amines is 1. The molecule has 0 atom stereocenters. The van der Waals surface area contributed by atoms with Crippen LogP contribution in [0.2, 0.25) is 0 Å². The molecule has 0 aromatic carbocycles. The lowest BCUT2D eigenvalue weighted by Crippen LogP contribution is -1.88. The zero-order valence-electron chi connectivity index (χ0n) is 6.93. The van der Waals surface area contributed by atoms with Gasteiger partial charge in [0.15, 0.2) is 0 Å². The van der Waals surface area contributed by atoms with Gasteiger partial charge in [-0.05, 0) is 24.0 Å². The highest BCUT2D eigenvalue weighted by Crippen LogP contribution is 2.10. The van der Waals surface area contributed by atoms with Gasteiger partial charge in [0.2, 0.25) is 0 Å². The molecule has 2 N–H and O–H groups in total. The number of nitrogens with one attached hydrogen (secondary N) is 1. The number of aryl methyl sites for hydroxylation is 1. The third-order valence-electron chi connectivity index (χ3n) is 1.90. The van der Waals surface area contributed by atoms with Crippen LogP contribution in [0, 0.1) is 0 Å². The summed E-state index contributed by atoms with van der Waals surface area (Å²) in [5.41, 5.74) is 2.30. The molecule has 0 fully saturated rings. The topological polar surface area (TPSA) is 36.0 Å². The predicted octanol–water partition coefficient (Wildman–Crippen LogP) is 1.85. The molecule has 0 saturated carbocycles. The Labute approximate surface area is 67.3 Å². The van der Waals surface area contributed by atoms with Crippen molar-refractivity contribution in [3.05, 3.63) is 23.5 Å². The Morgan fingerprint density at radius 3 is 2.73 bits per heavy atom. The number of unbranched alkanes of at least 4 members (excludes halogenated alkanes) is 1. The number of rotatable bonds is 4. The van der Waals surface area contributed by atoms with Crippen LogP contribution in [-0.2, 0) is 13.0 Å². The van der Waals surface area contributed by atoms with Gasteiger partial charge < -0.3 is 10.1 Å². The minimum atomic E-state index is 0.155. The monoisotopic (exact) mass is 153 g/mol. The Kier molecular flexibility index (Phi) is 3.17. The van der Waals surface area contributed by atoms with Gasteiger partial charge >= 0.3 is 0 Å². The van der Waals surface area contributed by atoms with Crippen LogP contribution in [-0.4, -0.2) is 10.1 Å². The fourth-order valence-electron chi connectivity index (χ4n) is 1.18. The van der Waals surface area contributed by atoms with Crippen molar-refractivity contribution in [2.24, 2.45) is 0 Å². The van der Waals surface area contributed by atoms with E-state index in [-0.39, 0.29) is 6.61 Å². The van der Waals surface area contributed by atoms with Crippen LogP contribution in [0.4, 0.5) is 0 Å². The first-order valence-electron chi connectivity index (χ1n) is 4.14. The van der Waals surface area contributed by atoms with Crippen molar-refractivity contribution in [2.75, 3.05) is 0 Å². The van der Waals surface area contributed by atoms with E-state index in [1.807, 2.05) is 12.4 Å². The zero-order valence-corrected chi connectivity index (χ0v) is 6.93. The standard InChI is InChI=1S/C9H15NO/c1-2-3-4-8-5-10-6-9(8)7-11/h5-6,10-11H,2-4,7H2,1H3. The van der Waals surface area contributed by atoms with Crippen molar-refractivity contribution in [3.63, 3.8) is 0 Å². The van der Waals surface area contributed by atoms with Gasteiger partial charge in [-0.25, -0.2) is 0 Å². The minimum absolute atomic E-state index is 0.155. The number of aliphatic hydroxyl groups is 1. The Balaban J connectivity index is 2.54. The number of hydrogen-bond acceptors (Lipinski definition) is 1. The Morgan fingerprint density at radius 1 is 1.36 bits per heavy atom. The zero-order chi connectivity index (χ0) is 8.10. The maximum absolute atomic E-state index is 8.89. The molecule has 0 amide bonds. The summed E-state index contributed by atoms with van der Waals surface area (Å²) < 4.78 is 0. The average molecular weight is 153 g/mol. The number of H-pyrrole nitrogens is 1. The van der Waals surface area contributed by atoms with Gasteiger partial charge in [0.1, 0.15) is 0 Å². The maximum Gasteiger partial charge on any atom is 0.0699 e. The second kappa shape index (κ2) is 4.19. The molecule has 1 aromatic rings. The summed E-state index contributed by atoms with van der Waals surface area (Å²) in [6.45, 7) is 2.33. The van der Waals surface area contributed by atoms with Crippen molar-refractivity contribution in [1.29, 1.82) is 0 Å². The van der Waals surface area contributed by atoms with Crippen LogP contribution >= 0.6 is 0 Å². The normalized spacial score (nSPS) is 10.4. The summed E-state index contributed by atoms with van der Waals surface area (Å²) in [6, 6.07) is 0. The van der Waals surface area contributed by atoms with E-state index in [1.54, 1.807) is 0 Å². The highest BCUT2D eigenvalue weighted by Gasteiger charge is 2.00. The Hall–Kier alpha value is -0.760. The molecular weight excluding hydrogens is 138 g/mol. The van der Waals surface area contributed by atoms with Gasteiger partial charge in [-0.3, -0.25) is 0 Å². The van der Waals surface area contributed by atoms with Gasteiger partial charge in [0.05, 0.1) is 6.61 Å². The molecule has 0 spiro atoms. The first kappa shape index (κ1) is 8.34. The highest BCUT2D eigenvalue weighted by atomic mass is 16.3. The average Bonchev–Trinajstić information content (AvgIpc) is 2.47. The van der Waals surface area contributed by atoms with E-state index in [9.17, 15) is 0 Å². The lowest BCUT2D eigenvalue weighted by atomic mass is 10.1. The van der Waals surface area contributed by atoms with Crippen LogP contribution in [0.15, 0.2) is 12.4 Å². The van der Waals surface area contributed by atoms with Crippen molar-refractivity contribution < 1.29 is 5.11 Å². The van der Waals surface area contributed by atoms with Crippen molar-refractivity contribution in [2.45, 2.75) is 32.8 Å². The van der Waals surface area contributed by atoms with Crippen LogP contribution in [0.5, 0.6) is 0 Å². The Morgan fingerprint density at radius 2 is 2.09 bits per heavy atom. The third-order valence-corrected chi connectivity index (χ3v) is 1.90. The Bertz CT molecular complexity index is 205. The third kappa shape index (κ3) is 2.09. The minimum Gasteiger partial charge on any atom is -0.392 e. The summed E-state index contributed by atoms with van der Waals surface area (Å²) in [7, 11) is 0. The molecule has 11 heavy (non-hydrogen) atoms. The van der Waals surface area contributed by atoms with Gasteiger partial charge in [0.25, 0.3) is 0 Å². The van der Waals surface area contributed by atoms with Gasteiger partial charge in [0, 0.05) is 12.4 Å². The fourth-order valence-corrected chi connectivity index (χ4v) is 1.18. The molecule has 62 valence electrons. The second-order valence-electron chi connectivity index (χ2n) is 2.77. The molecule has 1 aromatic heterocycles. The van der Waals surface area contributed by atoms with Crippen LogP contribution < -0.4 is 0 Å². The lowest BCUT2D eigenvalue weighted by Gasteiger charge is -1.97. The first-order chi connectivity index (χ1) is 5.38. The fraction of sp³-hybridized carbons (Fsp3) is 0.556. The SMILES string of the molecule is CCCCc1c[nH]cc1CO. The van der Waals surface area contributed by atoms with E-state index in [0.717, 1.165) is 12.0 Å². The molecule has 0 aliphatic heterocycles.